The SMILES string of the molecule is O=C1CN(CN(C2CCCC2)C2CCCC2)C(=O)N1CN(C1CCCC1)C1CCCC1. The second-order valence-corrected chi connectivity index (χ2v) is 10.9. The van der Waals surface area contributed by atoms with Crippen molar-refractivity contribution < 1.29 is 9.59 Å². The van der Waals surface area contributed by atoms with E-state index in [0.29, 0.717) is 37.5 Å². The van der Waals surface area contributed by atoms with E-state index in [2.05, 4.69) is 9.80 Å². The van der Waals surface area contributed by atoms with Gasteiger partial charge in [-0.3, -0.25) is 14.6 Å². The molecule has 0 spiro atoms. The molecule has 1 saturated heterocycles. The maximum atomic E-state index is 13.4. The normalized spacial score (nSPS) is 27.4. The fourth-order valence-electron chi connectivity index (χ4n) is 7.21. The molecule has 0 N–H and O–H groups in total. The number of amides is 3. The van der Waals surface area contributed by atoms with Crippen LogP contribution in [0.25, 0.3) is 0 Å². The molecule has 0 aromatic heterocycles. The van der Waals surface area contributed by atoms with E-state index in [1.165, 1.54) is 103 Å². The summed E-state index contributed by atoms with van der Waals surface area (Å²) in [5, 5.41) is 0. The molecule has 0 atom stereocenters. The Bertz CT molecular complexity index is 599. The van der Waals surface area contributed by atoms with Gasteiger partial charge < -0.3 is 4.90 Å². The lowest BCUT2D eigenvalue weighted by molar-refractivity contribution is -0.127. The van der Waals surface area contributed by atoms with Crippen molar-refractivity contribution in [2.24, 2.45) is 0 Å². The van der Waals surface area contributed by atoms with Gasteiger partial charge in [0.05, 0.1) is 13.3 Å². The van der Waals surface area contributed by atoms with Gasteiger partial charge in [0.15, 0.2) is 0 Å². The highest BCUT2D eigenvalue weighted by Crippen LogP contribution is 2.34. The summed E-state index contributed by atoms with van der Waals surface area (Å²) in [6.45, 7) is 1.46. The van der Waals surface area contributed by atoms with Gasteiger partial charge in [-0.25, -0.2) is 9.69 Å². The van der Waals surface area contributed by atoms with Crippen molar-refractivity contribution in [3.63, 3.8) is 0 Å². The van der Waals surface area contributed by atoms with E-state index in [0.717, 1.165) is 0 Å². The van der Waals surface area contributed by atoms with Crippen LogP contribution < -0.4 is 0 Å². The van der Waals surface area contributed by atoms with E-state index in [1.54, 1.807) is 4.90 Å². The highest BCUT2D eigenvalue weighted by atomic mass is 16.2. The highest BCUT2D eigenvalue weighted by Gasteiger charge is 2.42. The van der Waals surface area contributed by atoms with Crippen LogP contribution in [0.15, 0.2) is 0 Å². The van der Waals surface area contributed by atoms with Crippen molar-refractivity contribution in [2.75, 3.05) is 19.9 Å². The Morgan fingerprint density at radius 3 is 1.32 bits per heavy atom. The quantitative estimate of drug-likeness (QED) is 0.531. The molecule has 31 heavy (non-hydrogen) atoms. The van der Waals surface area contributed by atoms with Gasteiger partial charge in [-0.2, -0.15) is 0 Å². The van der Waals surface area contributed by atoms with Gasteiger partial charge in [-0.1, -0.05) is 51.4 Å². The summed E-state index contributed by atoms with van der Waals surface area (Å²) in [7, 11) is 0. The number of hydrogen-bond acceptors (Lipinski definition) is 4. The Labute approximate surface area is 188 Å². The predicted molar refractivity (Wildman–Crippen MR) is 121 cm³/mol. The molecular formula is C25H42N4O2. The van der Waals surface area contributed by atoms with Crippen molar-refractivity contribution in [3.05, 3.63) is 0 Å². The second kappa shape index (κ2) is 9.78. The summed E-state index contributed by atoms with van der Waals surface area (Å²) in [4.78, 5) is 35.0. The monoisotopic (exact) mass is 430 g/mol. The van der Waals surface area contributed by atoms with Gasteiger partial charge in [0, 0.05) is 24.2 Å². The van der Waals surface area contributed by atoms with Crippen molar-refractivity contribution in [2.45, 2.75) is 127 Å². The molecule has 5 rings (SSSR count). The van der Waals surface area contributed by atoms with Gasteiger partial charge in [0.1, 0.15) is 6.54 Å². The summed E-state index contributed by atoms with van der Waals surface area (Å²) >= 11 is 0. The Morgan fingerprint density at radius 2 is 0.935 bits per heavy atom. The van der Waals surface area contributed by atoms with Crippen molar-refractivity contribution in [1.82, 2.24) is 19.6 Å². The van der Waals surface area contributed by atoms with Gasteiger partial charge in [-0.15, -0.1) is 0 Å². The average molecular weight is 431 g/mol. The van der Waals surface area contributed by atoms with Crippen LogP contribution in [0.3, 0.4) is 0 Å². The molecule has 1 aliphatic heterocycles. The minimum Gasteiger partial charge on any atom is -0.302 e. The van der Waals surface area contributed by atoms with Crippen molar-refractivity contribution in [3.8, 4) is 0 Å². The third kappa shape index (κ3) is 4.66. The number of urea groups is 1. The van der Waals surface area contributed by atoms with Crippen LogP contribution in [0, 0.1) is 0 Å². The van der Waals surface area contributed by atoms with E-state index in [-0.39, 0.29) is 18.5 Å². The molecule has 0 bridgehead atoms. The van der Waals surface area contributed by atoms with Crippen LogP contribution in [-0.2, 0) is 4.79 Å². The maximum Gasteiger partial charge on any atom is 0.329 e. The second-order valence-electron chi connectivity index (χ2n) is 10.9. The lowest BCUT2D eigenvalue weighted by Crippen LogP contribution is -2.51. The highest BCUT2D eigenvalue weighted by molar-refractivity contribution is 6.01. The fraction of sp³-hybridized carbons (Fsp3) is 0.920. The number of carbonyl (C=O) groups is 2. The lowest BCUT2D eigenvalue weighted by Gasteiger charge is -2.38. The largest absolute Gasteiger partial charge is 0.329 e. The smallest absolute Gasteiger partial charge is 0.302 e. The van der Waals surface area contributed by atoms with Gasteiger partial charge in [0.25, 0.3) is 5.91 Å². The van der Waals surface area contributed by atoms with Crippen LogP contribution in [0.5, 0.6) is 0 Å². The van der Waals surface area contributed by atoms with E-state index in [9.17, 15) is 9.59 Å². The summed E-state index contributed by atoms with van der Waals surface area (Å²) in [5.74, 6) is 0.0174. The standard InChI is InChI=1S/C25H42N4O2/c30-24-17-26(18-27(20-9-1-2-10-20)21-11-3-4-12-21)25(31)29(24)19-28(22-13-5-6-14-22)23-15-7-8-16-23/h20-23H,1-19H2. The third-order valence-corrected chi connectivity index (χ3v) is 8.94. The van der Waals surface area contributed by atoms with Crippen LogP contribution in [0.4, 0.5) is 4.79 Å². The van der Waals surface area contributed by atoms with Gasteiger partial charge in [-0.05, 0) is 51.4 Å². The lowest BCUT2D eigenvalue weighted by atomic mass is 10.1. The molecule has 0 aromatic carbocycles. The summed E-state index contributed by atoms with van der Waals surface area (Å²) in [6, 6.07) is 2.30. The molecule has 0 aromatic rings. The molecule has 4 aliphatic carbocycles. The Hall–Kier alpha value is -1.14. The summed E-state index contributed by atoms with van der Waals surface area (Å²) in [5.41, 5.74) is 0. The number of carbonyl (C=O) groups excluding carboxylic acids is 2. The molecule has 174 valence electrons. The van der Waals surface area contributed by atoms with Crippen LogP contribution in [-0.4, -0.2) is 75.6 Å². The van der Waals surface area contributed by atoms with E-state index < -0.39 is 0 Å². The first-order chi connectivity index (χ1) is 15.2. The minimum absolute atomic E-state index is 0.0174. The van der Waals surface area contributed by atoms with Crippen LogP contribution in [0.1, 0.15) is 103 Å². The molecule has 0 radical (unpaired) electrons. The molecule has 5 fully saturated rings. The molecule has 6 nitrogen and oxygen atoms in total. The molecular weight excluding hydrogens is 388 g/mol. The molecule has 5 aliphatic rings. The van der Waals surface area contributed by atoms with E-state index >= 15 is 0 Å². The number of imide groups is 1. The fourth-order valence-corrected chi connectivity index (χ4v) is 7.21. The summed E-state index contributed by atoms with van der Waals surface area (Å²) in [6.07, 6.45) is 20.4. The predicted octanol–water partition coefficient (Wildman–Crippen LogP) is 4.54. The van der Waals surface area contributed by atoms with Crippen molar-refractivity contribution >= 4 is 11.9 Å². The van der Waals surface area contributed by atoms with Gasteiger partial charge >= 0.3 is 6.03 Å². The average Bonchev–Trinajstić information content (AvgIpc) is 3.60. The Kier molecular flexibility index (Phi) is 6.84. The maximum absolute atomic E-state index is 13.4. The molecule has 0 unspecified atom stereocenters. The molecule has 1 heterocycles. The van der Waals surface area contributed by atoms with Gasteiger partial charge in [0.2, 0.25) is 0 Å². The topological polar surface area (TPSA) is 47.1 Å². The third-order valence-electron chi connectivity index (χ3n) is 8.94. The first kappa shape index (κ1) is 21.7. The van der Waals surface area contributed by atoms with Crippen LogP contribution >= 0.6 is 0 Å². The molecule has 6 heteroatoms. The zero-order chi connectivity index (χ0) is 21.2. The van der Waals surface area contributed by atoms with E-state index in [1.807, 2.05) is 4.90 Å². The zero-order valence-electron chi connectivity index (χ0n) is 19.3. The first-order valence-corrected chi connectivity index (χ1v) is 13.3. The zero-order valence-corrected chi connectivity index (χ0v) is 19.3. The number of nitrogens with zero attached hydrogens (tertiary/aromatic N) is 4. The molecule has 3 amide bonds. The summed E-state index contributed by atoms with van der Waals surface area (Å²) < 4.78 is 0. The number of hydrogen-bond donors (Lipinski definition) is 0. The number of rotatable bonds is 8. The first-order valence-electron chi connectivity index (χ1n) is 13.3. The Morgan fingerprint density at radius 1 is 0.581 bits per heavy atom. The Balaban J connectivity index is 1.26. The minimum atomic E-state index is -0.0352. The van der Waals surface area contributed by atoms with Crippen LogP contribution in [0.2, 0.25) is 0 Å². The van der Waals surface area contributed by atoms with E-state index in [4.69, 9.17) is 0 Å². The molecule has 4 saturated carbocycles. The van der Waals surface area contributed by atoms with Crippen molar-refractivity contribution in [1.29, 1.82) is 0 Å².